The van der Waals surface area contributed by atoms with Gasteiger partial charge in [-0.15, -0.1) is 0 Å². The number of anilines is 1. The zero-order valence-electron chi connectivity index (χ0n) is 19.2. The summed E-state index contributed by atoms with van der Waals surface area (Å²) in [7, 11) is 0. The number of phenolic OH excluding ortho intramolecular Hbond substituents is 1. The van der Waals surface area contributed by atoms with Crippen molar-refractivity contribution in [1.82, 2.24) is 4.90 Å². The van der Waals surface area contributed by atoms with E-state index in [1.807, 2.05) is 24.3 Å². The molecule has 2 N–H and O–H groups in total. The summed E-state index contributed by atoms with van der Waals surface area (Å²) in [5.41, 5.74) is 4.71. The molecule has 0 aromatic heterocycles. The Balaban J connectivity index is 1.61. The Kier molecular flexibility index (Phi) is 6.61. The zero-order valence-corrected chi connectivity index (χ0v) is 19.2. The van der Waals surface area contributed by atoms with E-state index in [4.69, 9.17) is 4.74 Å². The molecule has 4 aromatic rings. The third kappa shape index (κ3) is 4.56. The Morgan fingerprint density at radius 3 is 1.71 bits per heavy atom. The van der Waals surface area contributed by atoms with Crippen LogP contribution in [0.4, 0.5) is 5.69 Å². The maximum Gasteiger partial charge on any atom is 0.120 e. The molecule has 1 heterocycles. The number of aromatic hydroxyl groups is 1. The first-order chi connectivity index (χ1) is 16.8. The molecule has 1 saturated heterocycles. The molecule has 0 atom stereocenters. The van der Waals surface area contributed by atoms with Crippen molar-refractivity contribution in [2.75, 3.05) is 31.6 Å². The van der Waals surface area contributed by atoms with Crippen LogP contribution in [0.1, 0.15) is 22.3 Å². The summed E-state index contributed by atoms with van der Waals surface area (Å²) in [6.45, 7) is 3.91. The van der Waals surface area contributed by atoms with Crippen molar-refractivity contribution in [2.45, 2.75) is 12.1 Å². The molecule has 0 amide bonds. The van der Waals surface area contributed by atoms with Gasteiger partial charge in [-0.2, -0.15) is 0 Å². The molecule has 4 nitrogen and oxygen atoms in total. The van der Waals surface area contributed by atoms with Crippen LogP contribution in [0.2, 0.25) is 0 Å². The molecule has 0 aliphatic carbocycles. The van der Waals surface area contributed by atoms with Crippen molar-refractivity contribution in [3.63, 3.8) is 0 Å². The van der Waals surface area contributed by atoms with E-state index in [0.29, 0.717) is 12.3 Å². The predicted molar refractivity (Wildman–Crippen MR) is 137 cm³/mol. The summed E-state index contributed by atoms with van der Waals surface area (Å²) in [4.78, 5) is 2.32. The lowest BCUT2D eigenvalue weighted by atomic mass is 9.76. The number of nitrogens with one attached hydrogen (secondary N) is 1. The second-order valence-corrected chi connectivity index (χ2v) is 8.71. The maximum absolute atomic E-state index is 10.6. The van der Waals surface area contributed by atoms with Crippen molar-refractivity contribution in [3.8, 4) is 5.75 Å². The van der Waals surface area contributed by atoms with Gasteiger partial charge in [0.25, 0.3) is 0 Å². The Hall–Kier alpha value is -3.60. The fraction of sp³-hybridized carbons (Fsp3) is 0.200. The molecule has 34 heavy (non-hydrogen) atoms. The second kappa shape index (κ2) is 10.1. The number of phenols is 1. The summed E-state index contributed by atoms with van der Waals surface area (Å²) in [6.07, 6.45) is 0. The smallest absolute Gasteiger partial charge is 0.120 e. The highest BCUT2D eigenvalue weighted by Crippen LogP contribution is 2.40. The third-order valence-corrected chi connectivity index (χ3v) is 6.53. The quantitative estimate of drug-likeness (QED) is 0.283. The number of rotatable bonds is 7. The highest BCUT2D eigenvalue weighted by Gasteiger charge is 2.36. The van der Waals surface area contributed by atoms with Gasteiger partial charge in [-0.05, 0) is 34.9 Å². The lowest BCUT2D eigenvalue weighted by molar-refractivity contribution is 0.0339. The summed E-state index contributed by atoms with van der Waals surface area (Å²) in [6, 6.07) is 37.5. The molecule has 5 rings (SSSR count). The molecular weight excluding hydrogens is 420 g/mol. The van der Waals surface area contributed by atoms with E-state index in [1.165, 1.54) is 0 Å². The van der Waals surface area contributed by atoms with E-state index in [1.54, 1.807) is 6.07 Å². The molecule has 0 unspecified atom stereocenters. The van der Waals surface area contributed by atoms with Gasteiger partial charge in [0, 0.05) is 30.9 Å². The van der Waals surface area contributed by atoms with Crippen LogP contribution >= 0.6 is 0 Å². The zero-order chi connectivity index (χ0) is 23.2. The van der Waals surface area contributed by atoms with Gasteiger partial charge in [-0.1, -0.05) is 91.0 Å². The Morgan fingerprint density at radius 2 is 1.21 bits per heavy atom. The highest BCUT2D eigenvalue weighted by molar-refractivity contribution is 5.62. The molecular formula is C30H30N2O2. The van der Waals surface area contributed by atoms with Crippen molar-refractivity contribution < 1.29 is 9.84 Å². The molecule has 172 valence electrons. The molecule has 0 spiro atoms. The van der Waals surface area contributed by atoms with Gasteiger partial charge in [-0.25, -0.2) is 0 Å². The van der Waals surface area contributed by atoms with Crippen LogP contribution < -0.4 is 5.32 Å². The second-order valence-electron chi connectivity index (χ2n) is 8.71. The number of morpholine rings is 1. The van der Waals surface area contributed by atoms with Gasteiger partial charge >= 0.3 is 0 Å². The number of nitrogens with zero attached hydrogens (tertiary/aromatic N) is 1. The van der Waals surface area contributed by atoms with Crippen molar-refractivity contribution in [2.24, 2.45) is 0 Å². The van der Waals surface area contributed by atoms with Crippen LogP contribution in [-0.4, -0.2) is 36.3 Å². The average molecular weight is 451 g/mol. The summed E-state index contributed by atoms with van der Waals surface area (Å²) in [5.74, 6) is 0.321. The molecule has 0 radical (unpaired) electrons. The minimum atomic E-state index is -0.600. The summed E-state index contributed by atoms with van der Waals surface area (Å²) >= 11 is 0. The summed E-state index contributed by atoms with van der Waals surface area (Å²) < 4.78 is 5.49. The number of ether oxygens (including phenoxy) is 1. The van der Waals surface area contributed by atoms with Gasteiger partial charge in [0.15, 0.2) is 0 Å². The largest absolute Gasteiger partial charge is 0.508 e. The first-order valence-electron chi connectivity index (χ1n) is 11.8. The SMILES string of the molecule is Oc1ccc(NC(c2ccccc2)(c2ccccc2)c2ccccc2)cc1CN1CCOCC1. The van der Waals surface area contributed by atoms with E-state index in [-0.39, 0.29) is 0 Å². The van der Waals surface area contributed by atoms with Crippen LogP contribution in [0.25, 0.3) is 0 Å². The molecule has 1 fully saturated rings. The molecule has 1 aliphatic rings. The van der Waals surface area contributed by atoms with Gasteiger partial charge in [0.1, 0.15) is 11.3 Å². The van der Waals surface area contributed by atoms with E-state index in [2.05, 4.69) is 89.1 Å². The lowest BCUT2D eigenvalue weighted by Crippen LogP contribution is -2.38. The van der Waals surface area contributed by atoms with Gasteiger partial charge in [0.2, 0.25) is 0 Å². The van der Waals surface area contributed by atoms with E-state index < -0.39 is 5.54 Å². The molecule has 4 heteroatoms. The van der Waals surface area contributed by atoms with E-state index in [0.717, 1.165) is 54.2 Å². The van der Waals surface area contributed by atoms with Crippen molar-refractivity contribution >= 4 is 5.69 Å². The lowest BCUT2D eigenvalue weighted by Gasteiger charge is -2.38. The topological polar surface area (TPSA) is 44.7 Å². The van der Waals surface area contributed by atoms with Gasteiger partial charge in [0.05, 0.1) is 13.2 Å². The number of benzene rings is 4. The normalized spacial score (nSPS) is 14.6. The molecule has 0 saturated carbocycles. The summed E-state index contributed by atoms with van der Waals surface area (Å²) in [5, 5.41) is 14.5. The van der Waals surface area contributed by atoms with Gasteiger partial charge < -0.3 is 15.2 Å². The predicted octanol–water partition coefficient (Wildman–Crippen LogP) is 5.63. The highest BCUT2D eigenvalue weighted by atomic mass is 16.5. The molecule has 1 aliphatic heterocycles. The fourth-order valence-electron chi connectivity index (χ4n) is 4.79. The fourth-order valence-corrected chi connectivity index (χ4v) is 4.79. The minimum Gasteiger partial charge on any atom is -0.508 e. The molecule has 0 bridgehead atoms. The monoisotopic (exact) mass is 450 g/mol. The van der Waals surface area contributed by atoms with Crippen molar-refractivity contribution in [1.29, 1.82) is 0 Å². The van der Waals surface area contributed by atoms with Gasteiger partial charge in [-0.3, -0.25) is 4.90 Å². The average Bonchev–Trinajstić information content (AvgIpc) is 2.91. The molecule has 4 aromatic carbocycles. The maximum atomic E-state index is 10.6. The van der Waals surface area contributed by atoms with Crippen LogP contribution in [0.5, 0.6) is 5.75 Å². The Morgan fingerprint density at radius 1 is 0.706 bits per heavy atom. The van der Waals surface area contributed by atoms with Crippen molar-refractivity contribution in [3.05, 3.63) is 131 Å². The number of hydrogen-bond donors (Lipinski definition) is 2. The third-order valence-electron chi connectivity index (χ3n) is 6.53. The van der Waals surface area contributed by atoms with E-state index >= 15 is 0 Å². The first kappa shape index (κ1) is 22.2. The number of hydrogen-bond acceptors (Lipinski definition) is 4. The Bertz CT molecular complexity index is 1090. The first-order valence-corrected chi connectivity index (χ1v) is 11.8. The van der Waals surface area contributed by atoms with E-state index in [9.17, 15) is 5.11 Å². The van der Waals surface area contributed by atoms with Crippen LogP contribution in [-0.2, 0) is 16.8 Å². The van der Waals surface area contributed by atoms with Crippen LogP contribution in [0, 0.1) is 0 Å². The standard InChI is InChI=1S/C30H30N2O2/c33-29-17-16-28(22-24(29)23-32-18-20-34-21-19-32)31-30(25-10-4-1-5-11-25,26-12-6-2-7-13-26)27-14-8-3-9-15-27/h1-17,22,31,33H,18-21,23H2. The Labute approximate surface area is 201 Å². The minimum absolute atomic E-state index is 0.321. The van der Waals surface area contributed by atoms with Crippen LogP contribution in [0.3, 0.4) is 0 Å². The van der Waals surface area contributed by atoms with Crippen LogP contribution in [0.15, 0.2) is 109 Å².